The zero-order valence-corrected chi connectivity index (χ0v) is 12.8. The number of nitrogens with two attached hydrogens (primary N) is 1. The van der Waals surface area contributed by atoms with E-state index in [2.05, 4.69) is 12.2 Å². The summed E-state index contributed by atoms with van der Waals surface area (Å²) < 4.78 is 0. The lowest BCUT2D eigenvalue weighted by molar-refractivity contribution is -0.121. The number of halogens is 1. The maximum Gasteiger partial charge on any atom is 0.259 e. The zero-order valence-electron chi connectivity index (χ0n) is 12.0. The van der Waals surface area contributed by atoms with Gasteiger partial charge in [0.25, 0.3) is 5.91 Å². The SMILES string of the molecule is CC1CN(CC(=O)NC(=O)c2ccccc2Cl)CCC1N. The van der Waals surface area contributed by atoms with Crippen LogP contribution in [0.2, 0.25) is 5.02 Å². The Morgan fingerprint density at radius 1 is 1.43 bits per heavy atom. The van der Waals surface area contributed by atoms with Crippen LogP contribution in [-0.2, 0) is 4.79 Å². The summed E-state index contributed by atoms with van der Waals surface area (Å²) in [5.41, 5.74) is 6.26. The molecule has 6 heteroatoms. The molecule has 1 fully saturated rings. The molecular formula is C15H20ClN3O2. The van der Waals surface area contributed by atoms with Gasteiger partial charge >= 0.3 is 0 Å². The number of rotatable bonds is 3. The Labute approximate surface area is 129 Å². The summed E-state index contributed by atoms with van der Waals surface area (Å²) in [6.45, 7) is 3.82. The molecule has 1 saturated heterocycles. The van der Waals surface area contributed by atoms with E-state index in [1.165, 1.54) is 0 Å². The molecule has 0 saturated carbocycles. The Hall–Kier alpha value is -1.43. The second-order valence-electron chi connectivity index (χ2n) is 5.52. The number of carbonyl (C=O) groups is 2. The van der Waals surface area contributed by atoms with Gasteiger partial charge in [-0.05, 0) is 24.5 Å². The van der Waals surface area contributed by atoms with E-state index < -0.39 is 5.91 Å². The van der Waals surface area contributed by atoms with E-state index in [0.29, 0.717) is 16.5 Å². The van der Waals surface area contributed by atoms with Crippen molar-refractivity contribution in [3.05, 3.63) is 34.9 Å². The maximum atomic E-state index is 12.0. The number of hydrogen-bond acceptors (Lipinski definition) is 4. The van der Waals surface area contributed by atoms with Crippen molar-refractivity contribution in [2.75, 3.05) is 19.6 Å². The number of carbonyl (C=O) groups excluding carboxylic acids is 2. The molecule has 1 aromatic rings. The minimum Gasteiger partial charge on any atom is -0.327 e. The first-order valence-electron chi connectivity index (χ1n) is 7.04. The molecule has 3 N–H and O–H groups in total. The number of benzene rings is 1. The number of nitrogens with zero attached hydrogens (tertiary/aromatic N) is 1. The summed E-state index contributed by atoms with van der Waals surface area (Å²) in [5.74, 6) is -0.430. The topological polar surface area (TPSA) is 75.4 Å². The molecular weight excluding hydrogens is 290 g/mol. The minimum atomic E-state index is -0.465. The van der Waals surface area contributed by atoms with Gasteiger partial charge in [0.15, 0.2) is 0 Å². The Kier molecular flexibility index (Phi) is 5.33. The third kappa shape index (κ3) is 4.27. The molecule has 2 atom stereocenters. The van der Waals surface area contributed by atoms with Crippen molar-refractivity contribution >= 4 is 23.4 Å². The molecule has 5 nitrogen and oxygen atoms in total. The standard InChI is InChI=1S/C15H20ClN3O2/c1-10-8-19(7-6-13(10)17)9-14(20)18-15(21)11-4-2-3-5-12(11)16/h2-5,10,13H,6-9,17H2,1H3,(H,18,20,21). The van der Waals surface area contributed by atoms with Crippen LogP contribution in [-0.4, -0.2) is 42.4 Å². The van der Waals surface area contributed by atoms with Crippen LogP contribution in [0.15, 0.2) is 24.3 Å². The zero-order chi connectivity index (χ0) is 15.4. The van der Waals surface area contributed by atoms with Crippen molar-refractivity contribution in [1.29, 1.82) is 0 Å². The van der Waals surface area contributed by atoms with Crippen molar-refractivity contribution < 1.29 is 9.59 Å². The first-order chi connectivity index (χ1) is 9.97. The first-order valence-corrected chi connectivity index (χ1v) is 7.42. The van der Waals surface area contributed by atoms with Crippen molar-refractivity contribution in [2.45, 2.75) is 19.4 Å². The fourth-order valence-electron chi connectivity index (χ4n) is 2.48. The van der Waals surface area contributed by atoms with Gasteiger partial charge in [-0.2, -0.15) is 0 Å². The maximum absolute atomic E-state index is 12.0. The number of amides is 2. The van der Waals surface area contributed by atoms with Gasteiger partial charge in [0.1, 0.15) is 0 Å². The Balaban J connectivity index is 1.88. The first kappa shape index (κ1) is 15.9. The summed E-state index contributed by atoms with van der Waals surface area (Å²) in [4.78, 5) is 25.9. The summed E-state index contributed by atoms with van der Waals surface area (Å²) in [5, 5.41) is 2.71. The Morgan fingerprint density at radius 2 is 2.14 bits per heavy atom. The number of piperidine rings is 1. The van der Waals surface area contributed by atoms with E-state index in [1.807, 2.05) is 4.90 Å². The van der Waals surface area contributed by atoms with Crippen molar-refractivity contribution in [1.82, 2.24) is 10.2 Å². The summed E-state index contributed by atoms with van der Waals surface area (Å²) in [7, 11) is 0. The highest BCUT2D eigenvalue weighted by Gasteiger charge is 2.25. The highest BCUT2D eigenvalue weighted by atomic mass is 35.5. The smallest absolute Gasteiger partial charge is 0.259 e. The fourth-order valence-corrected chi connectivity index (χ4v) is 2.70. The van der Waals surface area contributed by atoms with Gasteiger partial charge in [-0.15, -0.1) is 0 Å². The number of nitrogens with one attached hydrogen (secondary N) is 1. The van der Waals surface area contributed by atoms with Crippen LogP contribution in [0.1, 0.15) is 23.7 Å². The van der Waals surface area contributed by atoms with E-state index in [-0.39, 0.29) is 18.5 Å². The highest BCUT2D eigenvalue weighted by Crippen LogP contribution is 2.15. The minimum absolute atomic E-state index is 0.189. The molecule has 1 aliphatic heterocycles. The number of imide groups is 1. The quantitative estimate of drug-likeness (QED) is 0.881. The monoisotopic (exact) mass is 309 g/mol. The van der Waals surface area contributed by atoms with Crippen LogP contribution in [0, 0.1) is 5.92 Å². The van der Waals surface area contributed by atoms with E-state index in [9.17, 15) is 9.59 Å². The lowest BCUT2D eigenvalue weighted by atomic mass is 9.95. The Morgan fingerprint density at radius 3 is 2.81 bits per heavy atom. The van der Waals surface area contributed by atoms with Gasteiger partial charge in [0.05, 0.1) is 17.1 Å². The molecule has 0 aliphatic carbocycles. The molecule has 2 amide bonds. The molecule has 114 valence electrons. The normalized spacial score (nSPS) is 22.8. The summed E-state index contributed by atoms with van der Waals surface area (Å²) in [6, 6.07) is 6.84. The summed E-state index contributed by atoms with van der Waals surface area (Å²) >= 11 is 5.93. The lowest BCUT2D eigenvalue weighted by Crippen LogP contribution is -2.49. The summed E-state index contributed by atoms with van der Waals surface area (Å²) in [6.07, 6.45) is 0.868. The van der Waals surface area contributed by atoms with Crippen molar-refractivity contribution in [3.63, 3.8) is 0 Å². The van der Waals surface area contributed by atoms with Crippen LogP contribution < -0.4 is 11.1 Å². The predicted octanol–water partition coefficient (Wildman–Crippen LogP) is 1.27. The number of hydrogen-bond donors (Lipinski definition) is 2. The average molecular weight is 310 g/mol. The molecule has 1 aromatic carbocycles. The molecule has 0 radical (unpaired) electrons. The molecule has 0 aromatic heterocycles. The van der Waals surface area contributed by atoms with E-state index in [4.69, 9.17) is 17.3 Å². The van der Waals surface area contributed by atoms with Gasteiger partial charge < -0.3 is 5.73 Å². The van der Waals surface area contributed by atoms with Gasteiger partial charge in [-0.25, -0.2) is 0 Å². The van der Waals surface area contributed by atoms with Crippen molar-refractivity contribution in [2.24, 2.45) is 11.7 Å². The number of likely N-dealkylation sites (tertiary alicyclic amines) is 1. The van der Waals surface area contributed by atoms with Crippen LogP contribution in [0.3, 0.4) is 0 Å². The second-order valence-corrected chi connectivity index (χ2v) is 5.93. The molecule has 2 rings (SSSR count). The third-order valence-electron chi connectivity index (χ3n) is 3.79. The van der Waals surface area contributed by atoms with E-state index in [0.717, 1.165) is 19.5 Å². The molecule has 0 bridgehead atoms. The van der Waals surface area contributed by atoms with Gasteiger partial charge in [-0.3, -0.25) is 19.8 Å². The lowest BCUT2D eigenvalue weighted by Gasteiger charge is -2.34. The van der Waals surface area contributed by atoms with Crippen LogP contribution in [0.25, 0.3) is 0 Å². The van der Waals surface area contributed by atoms with Crippen LogP contribution >= 0.6 is 11.6 Å². The van der Waals surface area contributed by atoms with Gasteiger partial charge in [0, 0.05) is 19.1 Å². The molecule has 2 unspecified atom stereocenters. The molecule has 1 heterocycles. The molecule has 0 spiro atoms. The largest absolute Gasteiger partial charge is 0.327 e. The highest BCUT2D eigenvalue weighted by molar-refractivity contribution is 6.34. The van der Waals surface area contributed by atoms with Crippen LogP contribution in [0.4, 0.5) is 0 Å². The fraction of sp³-hybridized carbons (Fsp3) is 0.467. The predicted molar refractivity (Wildman–Crippen MR) is 82.1 cm³/mol. The van der Waals surface area contributed by atoms with E-state index in [1.54, 1.807) is 24.3 Å². The molecule has 1 aliphatic rings. The van der Waals surface area contributed by atoms with Crippen LogP contribution in [0.5, 0.6) is 0 Å². The average Bonchev–Trinajstić information content (AvgIpc) is 2.43. The van der Waals surface area contributed by atoms with Crippen molar-refractivity contribution in [3.8, 4) is 0 Å². The second kappa shape index (κ2) is 7.02. The molecule has 21 heavy (non-hydrogen) atoms. The Bertz CT molecular complexity index is 535. The van der Waals surface area contributed by atoms with Gasteiger partial charge in [0.2, 0.25) is 5.91 Å². The van der Waals surface area contributed by atoms with E-state index >= 15 is 0 Å². The van der Waals surface area contributed by atoms with Gasteiger partial charge in [-0.1, -0.05) is 30.7 Å². The third-order valence-corrected chi connectivity index (χ3v) is 4.12.